The molecule has 2 aromatic rings. The van der Waals surface area contributed by atoms with E-state index in [2.05, 4.69) is 10.2 Å². The highest BCUT2D eigenvalue weighted by Crippen LogP contribution is 2.33. The van der Waals surface area contributed by atoms with Crippen LogP contribution in [-0.4, -0.2) is 38.6 Å². The third-order valence-electron chi connectivity index (χ3n) is 2.52. The average molecular weight is 307 g/mol. The number of H-pyrrole nitrogens is 1. The number of thiocarbonyl (C=S) groups is 1. The zero-order chi connectivity index (χ0) is 14.7. The summed E-state index contributed by atoms with van der Waals surface area (Å²) in [5.41, 5.74) is 0.588. The number of thioether (sulfide) groups is 1. The Morgan fingerprint density at radius 1 is 1.35 bits per heavy atom. The molecule has 1 aromatic heterocycles. The fraction of sp³-hybridized carbons (Fsp3) is 0.154. The molecule has 2 N–H and O–H groups in total. The Labute approximate surface area is 125 Å². The summed E-state index contributed by atoms with van der Waals surface area (Å²) < 4.78 is 0.482. The molecule has 7 heteroatoms. The van der Waals surface area contributed by atoms with Crippen LogP contribution in [0.4, 0.5) is 0 Å². The first-order valence-electron chi connectivity index (χ1n) is 5.77. The van der Waals surface area contributed by atoms with E-state index in [4.69, 9.17) is 12.2 Å². The minimum absolute atomic E-state index is 0.151. The highest BCUT2D eigenvalue weighted by Gasteiger charge is 2.17. The third kappa shape index (κ3) is 3.00. The van der Waals surface area contributed by atoms with Crippen molar-refractivity contribution in [1.29, 1.82) is 0 Å². The van der Waals surface area contributed by atoms with Gasteiger partial charge >= 0.3 is 0 Å². The second-order valence-electron chi connectivity index (χ2n) is 4.21. The van der Waals surface area contributed by atoms with Crippen molar-refractivity contribution in [2.75, 3.05) is 14.1 Å². The summed E-state index contributed by atoms with van der Waals surface area (Å²) in [6.07, 6.45) is 0. The molecule has 0 bridgehead atoms. The lowest BCUT2D eigenvalue weighted by molar-refractivity contribution is 0.457. The van der Waals surface area contributed by atoms with Gasteiger partial charge < -0.3 is 10.0 Å². The van der Waals surface area contributed by atoms with Crippen LogP contribution >= 0.6 is 24.0 Å². The Morgan fingerprint density at radius 2 is 2.00 bits per heavy atom. The monoisotopic (exact) mass is 307 g/mol. The standard InChI is InChI=1S/C13H13N3O2S2/c1-16(2)13(19)20-11-10(17)9(14-15-12(11)18)8-6-4-3-5-7-8/h3-7H,1-2H3,(H2,15,17,18). The fourth-order valence-electron chi connectivity index (χ4n) is 1.50. The quantitative estimate of drug-likeness (QED) is 0.654. The molecule has 104 valence electrons. The fourth-order valence-corrected chi connectivity index (χ4v) is 2.43. The summed E-state index contributed by atoms with van der Waals surface area (Å²) in [5.74, 6) is -0.158. The zero-order valence-electron chi connectivity index (χ0n) is 11.0. The molecule has 20 heavy (non-hydrogen) atoms. The maximum Gasteiger partial charge on any atom is 0.282 e. The van der Waals surface area contributed by atoms with E-state index in [-0.39, 0.29) is 10.6 Å². The summed E-state index contributed by atoms with van der Waals surface area (Å²) in [4.78, 5) is 13.7. The van der Waals surface area contributed by atoms with E-state index in [1.54, 1.807) is 31.1 Å². The smallest absolute Gasteiger partial charge is 0.282 e. The number of aromatic hydroxyl groups is 1. The highest BCUT2D eigenvalue weighted by atomic mass is 32.2. The predicted molar refractivity (Wildman–Crippen MR) is 84.1 cm³/mol. The van der Waals surface area contributed by atoms with Crippen LogP contribution in [0.25, 0.3) is 11.3 Å². The van der Waals surface area contributed by atoms with Gasteiger partial charge in [-0.2, -0.15) is 5.10 Å². The molecule has 0 radical (unpaired) electrons. The van der Waals surface area contributed by atoms with Gasteiger partial charge in [-0.25, -0.2) is 5.10 Å². The van der Waals surface area contributed by atoms with Crippen molar-refractivity contribution in [3.63, 3.8) is 0 Å². The molecule has 0 atom stereocenters. The van der Waals surface area contributed by atoms with Crippen LogP contribution in [0.5, 0.6) is 5.75 Å². The first-order valence-corrected chi connectivity index (χ1v) is 6.99. The highest BCUT2D eigenvalue weighted by molar-refractivity contribution is 8.23. The molecule has 1 heterocycles. The van der Waals surface area contributed by atoms with Gasteiger partial charge in [-0.05, 0) is 0 Å². The molecule has 0 saturated carbocycles. The van der Waals surface area contributed by atoms with Gasteiger partial charge in [-0.1, -0.05) is 54.3 Å². The summed E-state index contributed by atoms with van der Waals surface area (Å²) in [7, 11) is 3.56. The van der Waals surface area contributed by atoms with Gasteiger partial charge in [0.2, 0.25) is 0 Å². The Kier molecular flexibility index (Phi) is 4.41. The molecule has 0 unspecified atom stereocenters. The van der Waals surface area contributed by atoms with Crippen LogP contribution in [0.3, 0.4) is 0 Å². The molecule has 0 fully saturated rings. The minimum atomic E-state index is -0.462. The molecule has 0 aliphatic carbocycles. The average Bonchev–Trinajstić information content (AvgIpc) is 2.44. The molecule has 0 amide bonds. The maximum absolute atomic E-state index is 11.8. The molecule has 0 aliphatic heterocycles. The van der Waals surface area contributed by atoms with Crippen LogP contribution in [0.15, 0.2) is 40.0 Å². The first kappa shape index (κ1) is 14.5. The largest absolute Gasteiger partial charge is 0.504 e. The number of nitrogens with zero attached hydrogens (tertiary/aromatic N) is 2. The zero-order valence-corrected chi connectivity index (χ0v) is 12.6. The van der Waals surface area contributed by atoms with Crippen molar-refractivity contribution in [3.8, 4) is 17.0 Å². The maximum atomic E-state index is 11.8. The summed E-state index contributed by atoms with van der Waals surface area (Å²) in [5, 5.41) is 16.6. The molecule has 1 aromatic carbocycles. The van der Waals surface area contributed by atoms with Crippen molar-refractivity contribution in [1.82, 2.24) is 15.1 Å². The summed E-state index contributed by atoms with van der Waals surface area (Å²) in [6.45, 7) is 0. The van der Waals surface area contributed by atoms with Crippen LogP contribution in [-0.2, 0) is 0 Å². The van der Waals surface area contributed by atoms with Gasteiger partial charge in [0, 0.05) is 19.7 Å². The van der Waals surface area contributed by atoms with Gasteiger partial charge in [-0.3, -0.25) is 4.79 Å². The van der Waals surface area contributed by atoms with Crippen LogP contribution < -0.4 is 5.56 Å². The van der Waals surface area contributed by atoms with Gasteiger partial charge in [0.15, 0.2) is 5.75 Å². The molecule has 0 saturated heterocycles. The number of aromatic amines is 1. The van der Waals surface area contributed by atoms with Gasteiger partial charge in [0.25, 0.3) is 5.56 Å². The van der Waals surface area contributed by atoms with E-state index in [9.17, 15) is 9.90 Å². The number of hydrogen-bond donors (Lipinski definition) is 2. The number of nitrogens with one attached hydrogen (secondary N) is 1. The predicted octanol–water partition coefficient (Wildman–Crippen LogP) is 2.08. The second kappa shape index (κ2) is 6.06. The van der Waals surface area contributed by atoms with E-state index < -0.39 is 5.56 Å². The lowest BCUT2D eigenvalue weighted by Crippen LogP contribution is -2.19. The van der Waals surface area contributed by atoms with Crippen molar-refractivity contribution >= 4 is 28.3 Å². The van der Waals surface area contributed by atoms with E-state index >= 15 is 0 Å². The van der Waals surface area contributed by atoms with Crippen LogP contribution in [0.1, 0.15) is 0 Å². The lowest BCUT2D eigenvalue weighted by Gasteiger charge is -2.13. The van der Waals surface area contributed by atoms with E-state index in [0.717, 1.165) is 17.3 Å². The summed E-state index contributed by atoms with van der Waals surface area (Å²) in [6, 6.07) is 9.14. The van der Waals surface area contributed by atoms with Gasteiger partial charge in [-0.15, -0.1) is 0 Å². The van der Waals surface area contributed by atoms with Crippen LogP contribution in [0.2, 0.25) is 0 Å². The van der Waals surface area contributed by atoms with Crippen molar-refractivity contribution < 1.29 is 5.11 Å². The molecule has 2 rings (SSSR count). The van der Waals surface area contributed by atoms with Gasteiger partial charge in [0.05, 0.1) is 0 Å². The normalized spacial score (nSPS) is 10.3. The Morgan fingerprint density at radius 3 is 2.60 bits per heavy atom. The minimum Gasteiger partial charge on any atom is -0.504 e. The Hall–Kier alpha value is -1.86. The lowest BCUT2D eigenvalue weighted by atomic mass is 10.1. The molecular formula is C13H13N3O2S2. The first-order chi connectivity index (χ1) is 9.50. The van der Waals surface area contributed by atoms with E-state index in [0.29, 0.717) is 10.0 Å². The Bertz CT molecular complexity index is 684. The van der Waals surface area contributed by atoms with Crippen molar-refractivity contribution in [2.45, 2.75) is 4.90 Å². The van der Waals surface area contributed by atoms with Crippen LogP contribution in [0, 0.1) is 0 Å². The number of benzene rings is 1. The van der Waals surface area contributed by atoms with Crippen molar-refractivity contribution in [3.05, 3.63) is 40.7 Å². The topological polar surface area (TPSA) is 69.2 Å². The molecule has 5 nitrogen and oxygen atoms in total. The third-order valence-corrected chi connectivity index (χ3v) is 4.25. The number of rotatable bonds is 2. The summed E-state index contributed by atoms with van der Waals surface area (Å²) >= 11 is 6.18. The number of aromatic nitrogens is 2. The van der Waals surface area contributed by atoms with Gasteiger partial charge in [0.1, 0.15) is 14.9 Å². The van der Waals surface area contributed by atoms with Crippen molar-refractivity contribution in [2.24, 2.45) is 0 Å². The SMILES string of the molecule is CN(C)C(=S)Sc1c(O)c(-c2ccccc2)n[nH]c1=O. The molecule has 0 spiro atoms. The molecule has 0 aliphatic rings. The number of hydrogen-bond acceptors (Lipinski definition) is 5. The molecular weight excluding hydrogens is 294 g/mol. The van der Waals surface area contributed by atoms with E-state index in [1.165, 1.54) is 0 Å². The Balaban J connectivity index is 2.49. The second-order valence-corrected chi connectivity index (χ2v) is 5.85. The van der Waals surface area contributed by atoms with E-state index in [1.807, 2.05) is 18.2 Å².